The van der Waals surface area contributed by atoms with Crippen LogP contribution in [0.4, 0.5) is 5.69 Å². The van der Waals surface area contributed by atoms with Gasteiger partial charge in [0.2, 0.25) is 11.7 Å². The van der Waals surface area contributed by atoms with Gasteiger partial charge in [0.15, 0.2) is 5.78 Å². The third-order valence-corrected chi connectivity index (χ3v) is 11.1. The van der Waals surface area contributed by atoms with Crippen LogP contribution in [-0.2, 0) is 27.2 Å². The summed E-state index contributed by atoms with van der Waals surface area (Å²) in [7, 11) is 1.33. The number of aromatic hydroxyl groups is 2. The summed E-state index contributed by atoms with van der Waals surface area (Å²) in [6, 6.07) is 10.4. The molecule has 3 aromatic carbocycles. The van der Waals surface area contributed by atoms with Crippen molar-refractivity contribution in [1.82, 2.24) is 5.43 Å². The van der Waals surface area contributed by atoms with Gasteiger partial charge in [0, 0.05) is 53.0 Å². The van der Waals surface area contributed by atoms with E-state index < -0.39 is 83.1 Å². The van der Waals surface area contributed by atoms with Crippen LogP contribution in [0.3, 0.4) is 0 Å². The lowest BCUT2D eigenvalue weighted by Crippen LogP contribution is -2.50. The van der Waals surface area contributed by atoms with Crippen molar-refractivity contribution in [3.8, 4) is 17.2 Å². The van der Waals surface area contributed by atoms with Gasteiger partial charge in [0.1, 0.15) is 22.8 Å². The number of phenols is 2. The Morgan fingerprint density at radius 2 is 1.75 bits per heavy atom. The SMILES string of the molecule is C=C1C=CC(=O)N1c1ccc(CC(=O)N/N=C(\CO)[C@]2(O)Cc3c(O)c4c(c(O)c3[C@@H](OC3CC(C)C(O)C(N)C3)C2)C(=O)c2c(OC)cccc2C4=O)cc1. The molecule has 15 nitrogen and oxygen atoms in total. The number of phenolic OH excluding ortho intramolecular Hbond substituents is 2. The molecule has 0 radical (unpaired) electrons. The minimum atomic E-state index is -2.12. The molecule has 8 N–H and O–H groups in total. The molecular weight excluding hydrogens is 724 g/mol. The van der Waals surface area contributed by atoms with Crippen molar-refractivity contribution in [2.75, 3.05) is 18.6 Å². The van der Waals surface area contributed by atoms with E-state index in [-0.39, 0.29) is 64.8 Å². The van der Waals surface area contributed by atoms with Crippen molar-refractivity contribution in [3.63, 3.8) is 0 Å². The molecule has 7 rings (SSSR count). The van der Waals surface area contributed by atoms with Crippen molar-refractivity contribution in [2.45, 2.75) is 69.0 Å². The summed E-state index contributed by atoms with van der Waals surface area (Å²) >= 11 is 0. The zero-order valence-electron chi connectivity index (χ0n) is 30.7. The number of nitrogens with one attached hydrogen (secondary N) is 1. The lowest BCUT2D eigenvalue weighted by molar-refractivity contribution is -0.120. The van der Waals surface area contributed by atoms with Crippen LogP contribution in [0.1, 0.15) is 80.8 Å². The maximum Gasteiger partial charge on any atom is 0.255 e. The van der Waals surface area contributed by atoms with E-state index in [4.69, 9.17) is 15.2 Å². The second-order valence-corrected chi connectivity index (χ2v) is 14.7. The first-order valence-corrected chi connectivity index (χ1v) is 18.1. The number of hydrogen-bond acceptors (Lipinski definition) is 13. The summed E-state index contributed by atoms with van der Waals surface area (Å²) in [5.74, 6) is -3.85. The molecule has 2 amide bonds. The average molecular weight is 767 g/mol. The first kappa shape index (κ1) is 38.6. The van der Waals surface area contributed by atoms with Gasteiger partial charge < -0.3 is 40.7 Å². The lowest BCUT2D eigenvalue weighted by atomic mass is 9.71. The highest BCUT2D eigenvalue weighted by atomic mass is 16.5. The van der Waals surface area contributed by atoms with Crippen LogP contribution in [0.5, 0.6) is 17.2 Å². The number of anilines is 1. The number of hydrogen-bond donors (Lipinski definition) is 7. The number of nitrogens with two attached hydrogens (primary N) is 1. The molecule has 15 heteroatoms. The highest BCUT2D eigenvalue weighted by Gasteiger charge is 2.49. The highest BCUT2D eigenvalue weighted by molar-refractivity contribution is 6.31. The third kappa shape index (κ3) is 6.56. The number of carbonyl (C=O) groups excluding carboxylic acids is 4. The number of hydrazone groups is 1. The summed E-state index contributed by atoms with van der Waals surface area (Å²) in [6.45, 7) is 4.80. The van der Waals surface area contributed by atoms with E-state index in [1.54, 1.807) is 37.3 Å². The molecular formula is C41H42N4O11. The third-order valence-electron chi connectivity index (χ3n) is 11.1. The van der Waals surface area contributed by atoms with Gasteiger partial charge in [0.25, 0.3) is 5.91 Å². The molecule has 1 saturated carbocycles. The number of benzene rings is 3. The average Bonchev–Trinajstić information content (AvgIpc) is 3.50. The second-order valence-electron chi connectivity index (χ2n) is 14.7. The van der Waals surface area contributed by atoms with Gasteiger partial charge in [-0.25, -0.2) is 5.43 Å². The Kier molecular flexibility index (Phi) is 10.2. The molecule has 56 heavy (non-hydrogen) atoms. The van der Waals surface area contributed by atoms with Gasteiger partial charge in [0.05, 0.1) is 60.9 Å². The second kappa shape index (κ2) is 14.7. The number of methoxy groups -OCH3 is 1. The van der Waals surface area contributed by atoms with Crippen molar-refractivity contribution in [1.29, 1.82) is 0 Å². The topological polar surface area (TPSA) is 242 Å². The van der Waals surface area contributed by atoms with Crippen LogP contribution in [0.15, 0.2) is 72.0 Å². The molecule has 3 aromatic rings. The zero-order valence-corrected chi connectivity index (χ0v) is 30.7. The van der Waals surface area contributed by atoms with Gasteiger partial charge in [-0.05, 0) is 48.6 Å². The minimum absolute atomic E-state index is 0.0440. The van der Waals surface area contributed by atoms with Crippen LogP contribution in [0.2, 0.25) is 0 Å². The Morgan fingerprint density at radius 1 is 1.04 bits per heavy atom. The molecule has 4 unspecified atom stereocenters. The number of carbonyl (C=O) groups is 4. The predicted octanol–water partition coefficient (Wildman–Crippen LogP) is 2.23. The molecule has 3 aliphatic carbocycles. The number of nitrogens with zero attached hydrogens (tertiary/aromatic N) is 2. The maximum absolute atomic E-state index is 14.0. The van der Waals surface area contributed by atoms with E-state index in [1.807, 2.05) is 0 Å². The lowest BCUT2D eigenvalue weighted by Gasteiger charge is -2.43. The molecule has 4 aliphatic rings. The highest BCUT2D eigenvalue weighted by Crippen LogP contribution is 2.53. The van der Waals surface area contributed by atoms with E-state index >= 15 is 0 Å². The first-order valence-electron chi connectivity index (χ1n) is 18.1. The largest absolute Gasteiger partial charge is 0.507 e. The van der Waals surface area contributed by atoms with Gasteiger partial charge in [-0.2, -0.15) is 5.10 Å². The van der Waals surface area contributed by atoms with Crippen molar-refractivity contribution >= 4 is 34.8 Å². The normalized spacial score (nSPS) is 25.9. The summed E-state index contributed by atoms with van der Waals surface area (Å²) in [5.41, 5.74) is 6.59. The summed E-state index contributed by atoms with van der Waals surface area (Å²) in [5, 5.41) is 61.1. The maximum atomic E-state index is 14.0. The number of amides is 2. The van der Waals surface area contributed by atoms with Crippen LogP contribution in [-0.4, -0.2) is 92.2 Å². The van der Waals surface area contributed by atoms with Crippen LogP contribution >= 0.6 is 0 Å². The van der Waals surface area contributed by atoms with Crippen molar-refractivity contribution < 1.29 is 54.2 Å². The van der Waals surface area contributed by atoms with E-state index in [0.29, 0.717) is 23.4 Å². The number of aliphatic hydroxyl groups excluding tert-OH is 2. The Morgan fingerprint density at radius 3 is 2.39 bits per heavy atom. The quantitative estimate of drug-likeness (QED) is 0.0737. The number of aliphatic hydroxyl groups is 3. The number of rotatable bonds is 9. The van der Waals surface area contributed by atoms with Crippen molar-refractivity contribution in [3.05, 3.63) is 106 Å². The molecule has 1 fully saturated rings. The standard InChI is InChI=1S/C41H42N4O11/c1-19-13-23(15-26(42)36(19)49)56-28-17-41(54,29(18-46)43-44-30(47)14-21-8-10-22(11-9-21)45-20(2)7-12-31(45)48)16-25-33(28)40(53)35-34(38(25)51)37(50)24-5-4-6-27(55-3)32(24)39(35)52/h4-12,19,23,26,28,36,46,49,51,53-54H,2,13-18,42H2,1,3H3,(H,44,47)/b43-29+/t19?,23?,26?,28-,36?,41-/m0/s1. The fraction of sp³-hybridized carbons (Fsp3) is 0.341. The number of allylic oxidation sites excluding steroid dienone is 1. The molecule has 0 aromatic heterocycles. The van der Waals surface area contributed by atoms with E-state index in [0.717, 1.165) is 0 Å². The van der Waals surface area contributed by atoms with Crippen LogP contribution in [0.25, 0.3) is 0 Å². The van der Waals surface area contributed by atoms with Crippen LogP contribution < -0.4 is 20.8 Å². The molecule has 292 valence electrons. The zero-order chi connectivity index (χ0) is 40.2. The van der Waals surface area contributed by atoms with Gasteiger partial charge in [-0.3, -0.25) is 24.1 Å². The number of ketones is 2. The molecule has 0 saturated heterocycles. The fourth-order valence-electron chi connectivity index (χ4n) is 8.27. The van der Waals surface area contributed by atoms with Gasteiger partial charge in [-0.15, -0.1) is 0 Å². The van der Waals surface area contributed by atoms with Crippen LogP contribution in [0, 0.1) is 5.92 Å². The molecule has 0 bridgehead atoms. The minimum Gasteiger partial charge on any atom is -0.507 e. The monoisotopic (exact) mass is 766 g/mol. The summed E-state index contributed by atoms with van der Waals surface area (Å²) in [6.07, 6.45) is -0.161. The predicted molar refractivity (Wildman–Crippen MR) is 201 cm³/mol. The Hall–Kier alpha value is -5.71. The molecule has 0 spiro atoms. The van der Waals surface area contributed by atoms with Gasteiger partial charge in [-0.1, -0.05) is 37.8 Å². The molecule has 1 heterocycles. The Labute approximate surface area is 321 Å². The smallest absolute Gasteiger partial charge is 0.255 e. The van der Waals surface area contributed by atoms with E-state index in [1.165, 1.54) is 36.3 Å². The number of ether oxygens (including phenoxy) is 2. The summed E-state index contributed by atoms with van der Waals surface area (Å²) < 4.78 is 11.9. The number of fused-ring (bicyclic) bond motifs is 3. The summed E-state index contributed by atoms with van der Waals surface area (Å²) in [4.78, 5) is 54.6. The Balaban J connectivity index is 1.22. The van der Waals surface area contributed by atoms with E-state index in [2.05, 4.69) is 17.1 Å². The van der Waals surface area contributed by atoms with Crippen molar-refractivity contribution in [2.24, 2.45) is 16.8 Å². The first-order chi connectivity index (χ1) is 26.7. The molecule has 6 atom stereocenters. The fourth-order valence-corrected chi connectivity index (χ4v) is 8.27. The molecule has 1 aliphatic heterocycles. The van der Waals surface area contributed by atoms with Gasteiger partial charge >= 0.3 is 0 Å². The van der Waals surface area contributed by atoms with E-state index in [9.17, 15) is 44.7 Å². The Bertz CT molecular complexity index is 2200.